The second-order valence-electron chi connectivity index (χ2n) is 6.25. The minimum Gasteiger partial charge on any atom is -0.473 e. The van der Waals surface area contributed by atoms with Crippen LogP contribution in [0.2, 0.25) is 0 Å². The fourth-order valence-electron chi connectivity index (χ4n) is 3.07. The van der Waals surface area contributed by atoms with E-state index in [1.165, 1.54) is 6.07 Å². The van der Waals surface area contributed by atoms with Gasteiger partial charge in [-0.25, -0.2) is 13.4 Å². The molecule has 11 heteroatoms. The zero-order valence-electron chi connectivity index (χ0n) is 14.5. The van der Waals surface area contributed by atoms with Crippen LogP contribution in [0.4, 0.5) is 5.82 Å². The van der Waals surface area contributed by atoms with Crippen molar-refractivity contribution in [1.82, 2.24) is 24.0 Å². The third-order valence-electron chi connectivity index (χ3n) is 4.34. The standard InChI is InChI=1S/C16H18N6O3S2/c1-9-19-15(17)14(16(20-9)25-10-5-7-18-8-6-10)27(23,24)12-4-2-3-11-13(12)22-26-21-11/h2-4,10,18H,5-8H2,1H3,(H2,17,19,20). The number of aromatic nitrogens is 4. The second kappa shape index (κ2) is 6.98. The number of fused-ring (bicyclic) bond motifs is 1. The van der Waals surface area contributed by atoms with Gasteiger partial charge in [-0.2, -0.15) is 13.7 Å². The van der Waals surface area contributed by atoms with E-state index in [4.69, 9.17) is 10.5 Å². The van der Waals surface area contributed by atoms with Crippen LogP contribution in [0.25, 0.3) is 11.0 Å². The Kier molecular flexibility index (Phi) is 4.66. The summed E-state index contributed by atoms with van der Waals surface area (Å²) in [4.78, 5) is 8.09. The highest BCUT2D eigenvalue weighted by atomic mass is 32.2. The number of nitrogen functional groups attached to an aromatic ring is 1. The van der Waals surface area contributed by atoms with Crippen molar-refractivity contribution in [2.75, 3.05) is 18.8 Å². The molecule has 0 saturated carbocycles. The molecule has 142 valence electrons. The normalized spacial score (nSPS) is 15.9. The van der Waals surface area contributed by atoms with Gasteiger partial charge in [0.2, 0.25) is 15.7 Å². The van der Waals surface area contributed by atoms with E-state index in [0.29, 0.717) is 16.9 Å². The first-order chi connectivity index (χ1) is 13.0. The molecule has 9 nitrogen and oxygen atoms in total. The summed E-state index contributed by atoms with van der Waals surface area (Å²) in [5.41, 5.74) is 6.82. The smallest absolute Gasteiger partial charge is 0.238 e. The molecule has 0 bridgehead atoms. The van der Waals surface area contributed by atoms with Crippen molar-refractivity contribution in [2.24, 2.45) is 0 Å². The molecular formula is C16H18N6O3S2. The number of benzene rings is 1. The van der Waals surface area contributed by atoms with Crippen molar-refractivity contribution in [3.63, 3.8) is 0 Å². The van der Waals surface area contributed by atoms with Crippen molar-refractivity contribution < 1.29 is 13.2 Å². The average molecular weight is 406 g/mol. The van der Waals surface area contributed by atoms with Crippen molar-refractivity contribution in [1.29, 1.82) is 0 Å². The summed E-state index contributed by atoms with van der Waals surface area (Å²) < 4.78 is 41.0. The van der Waals surface area contributed by atoms with Gasteiger partial charge in [0.1, 0.15) is 33.7 Å². The van der Waals surface area contributed by atoms with Gasteiger partial charge in [-0.05, 0) is 45.0 Å². The maximum atomic E-state index is 13.4. The molecule has 0 atom stereocenters. The third-order valence-corrected chi connectivity index (χ3v) is 6.72. The summed E-state index contributed by atoms with van der Waals surface area (Å²) >= 11 is 0.953. The van der Waals surface area contributed by atoms with Crippen LogP contribution in [0.15, 0.2) is 28.0 Å². The Balaban J connectivity index is 1.85. The SMILES string of the molecule is Cc1nc(N)c(S(=O)(=O)c2cccc3nsnc23)c(OC2CCNCC2)n1. The molecule has 3 N–H and O–H groups in total. The predicted molar refractivity (Wildman–Crippen MR) is 101 cm³/mol. The minimum atomic E-state index is -4.05. The van der Waals surface area contributed by atoms with Crippen LogP contribution in [-0.4, -0.2) is 46.3 Å². The molecule has 3 heterocycles. The monoisotopic (exact) mass is 406 g/mol. The van der Waals surface area contributed by atoms with E-state index in [2.05, 4.69) is 24.0 Å². The predicted octanol–water partition coefficient (Wildman–Crippen LogP) is 1.34. The first-order valence-corrected chi connectivity index (χ1v) is 10.7. The fourth-order valence-corrected chi connectivity index (χ4v) is 5.20. The van der Waals surface area contributed by atoms with Gasteiger partial charge in [-0.3, -0.25) is 0 Å². The van der Waals surface area contributed by atoms with Crippen molar-refractivity contribution in [2.45, 2.75) is 35.7 Å². The van der Waals surface area contributed by atoms with Gasteiger partial charge in [0.15, 0.2) is 4.90 Å². The number of anilines is 1. The van der Waals surface area contributed by atoms with Gasteiger partial charge in [0.05, 0.1) is 11.7 Å². The number of ether oxygens (including phenoxy) is 1. The Morgan fingerprint density at radius 3 is 2.78 bits per heavy atom. The van der Waals surface area contributed by atoms with Crippen LogP contribution in [0.5, 0.6) is 5.88 Å². The lowest BCUT2D eigenvalue weighted by Crippen LogP contribution is -2.34. The molecule has 1 fully saturated rings. The summed E-state index contributed by atoms with van der Waals surface area (Å²) in [6.07, 6.45) is 1.38. The van der Waals surface area contributed by atoms with Crippen LogP contribution < -0.4 is 15.8 Å². The largest absolute Gasteiger partial charge is 0.473 e. The Bertz CT molecular complexity index is 1090. The maximum absolute atomic E-state index is 13.4. The molecule has 1 aromatic carbocycles. The minimum absolute atomic E-state index is 0.00732. The fraction of sp³-hybridized carbons (Fsp3) is 0.375. The molecule has 2 aromatic heterocycles. The molecular weight excluding hydrogens is 388 g/mol. The highest BCUT2D eigenvalue weighted by Gasteiger charge is 2.32. The Morgan fingerprint density at radius 1 is 1.22 bits per heavy atom. The third kappa shape index (κ3) is 3.33. The molecule has 0 aliphatic carbocycles. The van der Waals surface area contributed by atoms with Crippen molar-refractivity contribution in [3.8, 4) is 5.88 Å². The Hall–Kier alpha value is -2.37. The van der Waals surface area contributed by atoms with Crippen LogP contribution in [-0.2, 0) is 9.84 Å². The van der Waals surface area contributed by atoms with Crippen LogP contribution >= 0.6 is 11.7 Å². The van der Waals surface area contributed by atoms with Crippen molar-refractivity contribution >= 4 is 38.4 Å². The number of aryl methyl sites for hydroxylation is 1. The summed E-state index contributed by atoms with van der Waals surface area (Å²) in [5, 5.41) is 3.24. The average Bonchev–Trinajstić information content (AvgIpc) is 3.10. The number of nitrogens with two attached hydrogens (primary N) is 1. The van der Waals surface area contributed by atoms with E-state index in [0.717, 1.165) is 37.7 Å². The lowest BCUT2D eigenvalue weighted by molar-refractivity contribution is 0.151. The van der Waals surface area contributed by atoms with Gasteiger partial charge < -0.3 is 15.8 Å². The molecule has 1 aliphatic heterocycles. The maximum Gasteiger partial charge on any atom is 0.238 e. The van der Waals surface area contributed by atoms with Crippen molar-refractivity contribution in [3.05, 3.63) is 24.0 Å². The quantitative estimate of drug-likeness (QED) is 0.658. The number of sulfone groups is 1. The van der Waals surface area contributed by atoms with E-state index in [-0.39, 0.29) is 27.6 Å². The summed E-state index contributed by atoms with van der Waals surface area (Å²) in [7, 11) is -4.05. The Morgan fingerprint density at radius 2 is 2.00 bits per heavy atom. The van der Waals surface area contributed by atoms with E-state index in [1.807, 2.05) is 0 Å². The van der Waals surface area contributed by atoms with Crippen LogP contribution in [0, 0.1) is 6.92 Å². The zero-order valence-corrected chi connectivity index (χ0v) is 16.2. The zero-order chi connectivity index (χ0) is 19.0. The van der Waals surface area contributed by atoms with E-state index in [9.17, 15) is 8.42 Å². The molecule has 4 rings (SSSR count). The number of piperidine rings is 1. The first-order valence-electron chi connectivity index (χ1n) is 8.44. The molecule has 3 aromatic rings. The first kappa shape index (κ1) is 18.0. The molecule has 0 amide bonds. The van der Waals surface area contributed by atoms with Gasteiger partial charge in [-0.15, -0.1) is 0 Å². The highest BCUT2D eigenvalue weighted by Crippen LogP contribution is 2.35. The van der Waals surface area contributed by atoms with Crippen LogP contribution in [0.1, 0.15) is 18.7 Å². The van der Waals surface area contributed by atoms with Gasteiger partial charge in [0.25, 0.3) is 0 Å². The molecule has 1 aliphatic rings. The molecule has 27 heavy (non-hydrogen) atoms. The number of rotatable bonds is 4. The second-order valence-corrected chi connectivity index (χ2v) is 8.63. The highest BCUT2D eigenvalue weighted by molar-refractivity contribution is 7.92. The summed E-state index contributed by atoms with van der Waals surface area (Å²) in [6.45, 7) is 3.25. The van der Waals surface area contributed by atoms with Gasteiger partial charge >= 0.3 is 0 Å². The summed E-state index contributed by atoms with van der Waals surface area (Å²) in [5.74, 6) is 0.211. The topological polar surface area (TPSA) is 133 Å². The van der Waals surface area contributed by atoms with Crippen LogP contribution in [0.3, 0.4) is 0 Å². The number of hydrogen-bond donors (Lipinski definition) is 2. The summed E-state index contributed by atoms with van der Waals surface area (Å²) in [6, 6.07) is 4.81. The Labute approximate surface area is 160 Å². The van der Waals surface area contributed by atoms with E-state index in [1.54, 1.807) is 19.1 Å². The van der Waals surface area contributed by atoms with E-state index < -0.39 is 9.84 Å². The van der Waals surface area contributed by atoms with Gasteiger partial charge in [-0.1, -0.05) is 6.07 Å². The van der Waals surface area contributed by atoms with Gasteiger partial charge in [0, 0.05) is 0 Å². The molecule has 1 saturated heterocycles. The number of nitrogens with one attached hydrogen (secondary N) is 1. The number of nitrogens with zero attached hydrogens (tertiary/aromatic N) is 4. The lowest BCUT2D eigenvalue weighted by Gasteiger charge is -2.24. The lowest BCUT2D eigenvalue weighted by atomic mass is 10.1. The molecule has 0 unspecified atom stereocenters. The molecule has 0 spiro atoms. The molecule has 0 radical (unpaired) electrons. The number of hydrogen-bond acceptors (Lipinski definition) is 10. The van der Waals surface area contributed by atoms with E-state index >= 15 is 0 Å².